The molecule has 0 bridgehead atoms. The molecule has 4 atom stereocenters. The molecule has 0 aromatic rings. The molecule has 0 aromatic heterocycles. The van der Waals surface area contributed by atoms with Crippen molar-refractivity contribution in [1.82, 2.24) is 0 Å². The van der Waals surface area contributed by atoms with E-state index < -0.39 is 6.04 Å². The molecule has 3 nitrogen and oxygen atoms in total. The van der Waals surface area contributed by atoms with Crippen LogP contribution < -0.4 is 5.73 Å². The number of methoxy groups -OCH3 is 1. The van der Waals surface area contributed by atoms with Gasteiger partial charge in [-0.1, -0.05) is 13.8 Å². The zero-order valence-corrected chi connectivity index (χ0v) is 12.0. The lowest BCUT2D eigenvalue weighted by Gasteiger charge is -2.31. The summed E-state index contributed by atoms with van der Waals surface area (Å²) in [4.78, 5) is 11.1. The van der Waals surface area contributed by atoms with Crippen molar-refractivity contribution in [3.05, 3.63) is 0 Å². The van der Waals surface area contributed by atoms with E-state index in [1.807, 2.05) is 11.8 Å². The fourth-order valence-corrected chi connectivity index (χ4v) is 3.75. The van der Waals surface area contributed by atoms with E-state index in [1.165, 1.54) is 26.4 Å². The maximum Gasteiger partial charge on any atom is 0.322 e. The Morgan fingerprint density at radius 1 is 1.41 bits per heavy atom. The Balaban J connectivity index is 2.17. The summed E-state index contributed by atoms with van der Waals surface area (Å²) in [5.74, 6) is 2.36. The molecule has 2 N–H and O–H groups in total. The standard InChI is InChI=1S/C13H25NO2S/c1-9-4-5-11(8-10(9)2)17-7-6-12(14)13(15)16-3/h9-12H,4-8,14H2,1-3H3. The molecule has 0 spiro atoms. The molecule has 1 fully saturated rings. The van der Waals surface area contributed by atoms with E-state index in [0.717, 1.165) is 29.3 Å². The molecule has 1 rings (SSSR count). The summed E-state index contributed by atoms with van der Waals surface area (Å²) in [6, 6.07) is -0.451. The van der Waals surface area contributed by atoms with Crippen LogP contribution in [0.3, 0.4) is 0 Å². The SMILES string of the molecule is COC(=O)C(N)CCSC1CCC(C)C(C)C1. The van der Waals surface area contributed by atoms with Crippen molar-refractivity contribution >= 4 is 17.7 Å². The summed E-state index contributed by atoms with van der Waals surface area (Å²) in [6.45, 7) is 4.69. The smallest absolute Gasteiger partial charge is 0.322 e. The monoisotopic (exact) mass is 259 g/mol. The van der Waals surface area contributed by atoms with Crippen molar-refractivity contribution in [2.24, 2.45) is 17.6 Å². The largest absolute Gasteiger partial charge is 0.468 e. The van der Waals surface area contributed by atoms with Crippen molar-refractivity contribution < 1.29 is 9.53 Å². The van der Waals surface area contributed by atoms with Gasteiger partial charge in [-0.2, -0.15) is 11.8 Å². The zero-order valence-electron chi connectivity index (χ0n) is 11.1. The molecule has 4 heteroatoms. The van der Waals surface area contributed by atoms with E-state index in [1.54, 1.807) is 0 Å². The number of esters is 1. The minimum atomic E-state index is -0.451. The normalized spacial score (nSPS) is 30.9. The predicted molar refractivity (Wildman–Crippen MR) is 73.0 cm³/mol. The molecule has 0 amide bonds. The van der Waals surface area contributed by atoms with Crippen LogP contribution in [0.2, 0.25) is 0 Å². The van der Waals surface area contributed by atoms with Crippen LogP contribution in [0.5, 0.6) is 0 Å². The summed E-state index contributed by atoms with van der Waals surface area (Å²) in [5.41, 5.74) is 5.70. The number of carbonyl (C=O) groups excluding carboxylic acids is 1. The first kappa shape index (κ1) is 14.8. The Morgan fingerprint density at radius 3 is 2.71 bits per heavy atom. The molecule has 1 aliphatic rings. The van der Waals surface area contributed by atoms with Gasteiger partial charge in [0.1, 0.15) is 6.04 Å². The minimum absolute atomic E-state index is 0.295. The molecule has 0 heterocycles. The fourth-order valence-electron chi connectivity index (χ4n) is 2.28. The highest BCUT2D eigenvalue weighted by Gasteiger charge is 2.25. The number of carbonyl (C=O) groups is 1. The van der Waals surface area contributed by atoms with E-state index in [4.69, 9.17) is 5.73 Å². The number of rotatable bonds is 5. The van der Waals surface area contributed by atoms with Gasteiger partial charge >= 0.3 is 5.97 Å². The molecule has 4 unspecified atom stereocenters. The highest BCUT2D eigenvalue weighted by molar-refractivity contribution is 7.99. The molecule has 0 radical (unpaired) electrons. The van der Waals surface area contributed by atoms with Gasteiger partial charge < -0.3 is 10.5 Å². The maximum absolute atomic E-state index is 11.1. The average molecular weight is 259 g/mol. The predicted octanol–water partition coefficient (Wildman–Crippen LogP) is 2.43. The Hall–Kier alpha value is -0.220. The summed E-state index contributed by atoms with van der Waals surface area (Å²) < 4.78 is 4.61. The molecule has 100 valence electrons. The second-order valence-electron chi connectivity index (χ2n) is 5.18. The Bertz CT molecular complexity index is 248. The molecule has 1 aliphatic carbocycles. The van der Waals surface area contributed by atoms with Crippen LogP contribution in [0.4, 0.5) is 0 Å². The highest BCUT2D eigenvalue weighted by Crippen LogP contribution is 2.35. The van der Waals surface area contributed by atoms with Gasteiger partial charge in [0, 0.05) is 5.25 Å². The summed E-state index contributed by atoms with van der Waals surface area (Å²) >= 11 is 1.97. The topological polar surface area (TPSA) is 52.3 Å². The number of nitrogens with two attached hydrogens (primary N) is 1. The fraction of sp³-hybridized carbons (Fsp3) is 0.923. The van der Waals surface area contributed by atoms with Crippen LogP contribution in [0, 0.1) is 11.8 Å². The minimum Gasteiger partial charge on any atom is -0.468 e. The first-order valence-corrected chi connectivity index (χ1v) is 7.54. The lowest BCUT2D eigenvalue weighted by atomic mass is 9.81. The van der Waals surface area contributed by atoms with Gasteiger partial charge in [-0.25, -0.2) is 0 Å². The van der Waals surface area contributed by atoms with Crippen molar-refractivity contribution in [1.29, 1.82) is 0 Å². The van der Waals surface area contributed by atoms with Crippen LogP contribution in [0.25, 0.3) is 0 Å². The quantitative estimate of drug-likeness (QED) is 0.770. The van der Waals surface area contributed by atoms with Gasteiger partial charge in [0.15, 0.2) is 0 Å². The van der Waals surface area contributed by atoms with Gasteiger partial charge in [0.25, 0.3) is 0 Å². The third-order valence-corrected chi connectivity index (χ3v) is 5.21. The number of ether oxygens (including phenoxy) is 1. The number of hydrogen-bond acceptors (Lipinski definition) is 4. The highest BCUT2D eigenvalue weighted by atomic mass is 32.2. The molecule has 0 aliphatic heterocycles. The van der Waals surface area contributed by atoms with E-state index in [2.05, 4.69) is 18.6 Å². The van der Waals surface area contributed by atoms with Gasteiger partial charge in [-0.05, 0) is 43.3 Å². The number of hydrogen-bond donors (Lipinski definition) is 1. The molecule has 0 aromatic carbocycles. The molecule has 17 heavy (non-hydrogen) atoms. The first-order chi connectivity index (χ1) is 8.04. The summed E-state index contributed by atoms with van der Waals surface area (Å²) in [7, 11) is 1.39. The second-order valence-corrected chi connectivity index (χ2v) is 6.59. The van der Waals surface area contributed by atoms with Crippen molar-refractivity contribution in [2.75, 3.05) is 12.9 Å². The van der Waals surface area contributed by atoms with Crippen LogP contribution in [-0.2, 0) is 9.53 Å². The Morgan fingerprint density at radius 2 is 2.12 bits per heavy atom. The van der Waals surface area contributed by atoms with Crippen molar-refractivity contribution in [3.63, 3.8) is 0 Å². The van der Waals surface area contributed by atoms with Crippen LogP contribution >= 0.6 is 11.8 Å². The van der Waals surface area contributed by atoms with Crippen LogP contribution in [0.15, 0.2) is 0 Å². The first-order valence-electron chi connectivity index (χ1n) is 6.49. The van der Waals surface area contributed by atoms with E-state index in [9.17, 15) is 4.79 Å². The van der Waals surface area contributed by atoms with Crippen molar-refractivity contribution in [2.45, 2.75) is 50.8 Å². The van der Waals surface area contributed by atoms with E-state index >= 15 is 0 Å². The van der Waals surface area contributed by atoms with Gasteiger partial charge in [0.2, 0.25) is 0 Å². The Kier molecular flexibility index (Phi) is 6.34. The van der Waals surface area contributed by atoms with E-state index in [0.29, 0.717) is 0 Å². The summed E-state index contributed by atoms with van der Waals surface area (Å²) in [6.07, 6.45) is 4.67. The average Bonchev–Trinajstić information content (AvgIpc) is 2.32. The molecular weight excluding hydrogens is 234 g/mol. The third-order valence-electron chi connectivity index (χ3n) is 3.84. The van der Waals surface area contributed by atoms with E-state index in [-0.39, 0.29) is 5.97 Å². The van der Waals surface area contributed by atoms with Crippen LogP contribution in [-0.4, -0.2) is 30.1 Å². The molecule has 0 saturated heterocycles. The second kappa shape index (κ2) is 7.27. The Labute approximate surface area is 109 Å². The zero-order chi connectivity index (χ0) is 12.8. The van der Waals surface area contributed by atoms with Gasteiger partial charge in [-0.3, -0.25) is 4.79 Å². The lowest BCUT2D eigenvalue weighted by Crippen LogP contribution is -2.32. The lowest BCUT2D eigenvalue weighted by molar-refractivity contribution is -0.142. The molecular formula is C13H25NO2S. The summed E-state index contributed by atoms with van der Waals surface area (Å²) in [5, 5.41) is 0.756. The van der Waals surface area contributed by atoms with Crippen LogP contribution in [0.1, 0.15) is 39.5 Å². The number of thioether (sulfide) groups is 1. The van der Waals surface area contributed by atoms with Gasteiger partial charge in [-0.15, -0.1) is 0 Å². The maximum atomic E-state index is 11.1. The van der Waals surface area contributed by atoms with Crippen molar-refractivity contribution in [3.8, 4) is 0 Å². The van der Waals surface area contributed by atoms with Gasteiger partial charge in [0.05, 0.1) is 7.11 Å². The third kappa shape index (κ3) is 4.88. The molecule has 1 saturated carbocycles.